The molecule has 7 heteroatoms. The van der Waals surface area contributed by atoms with Gasteiger partial charge >= 0.3 is 0 Å². The second kappa shape index (κ2) is 6.72. The summed E-state index contributed by atoms with van der Waals surface area (Å²) in [5, 5.41) is 9.96. The van der Waals surface area contributed by atoms with Crippen LogP contribution >= 0.6 is 22.7 Å². The van der Waals surface area contributed by atoms with Gasteiger partial charge < -0.3 is 10.6 Å². The Morgan fingerprint density at radius 1 is 1.22 bits per heavy atom. The van der Waals surface area contributed by atoms with E-state index in [1.54, 1.807) is 23.5 Å². The number of nitrogens with one attached hydrogen (secondary N) is 2. The molecule has 2 N–H and O–H groups in total. The van der Waals surface area contributed by atoms with Crippen molar-refractivity contribution in [2.24, 2.45) is 0 Å². The Bertz CT molecular complexity index is 882. The first-order chi connectivity index (χ1) is 11.1. The summed E-state index contributed by atoms with van der Waals surface area (Å²) >= 11 is 2.95. The maximum absolute atomic E-state index is 11.9. The lowest BCUT2D eigenvalue weighted by Gasteiger charge is -2.01. The summed E-state index contributed by atoms with van der Waals surface area (Å²) in [6, 6.07) is 7.39. The van der Waals surface area contributed by atoms with E-state index in [1.165, 1.54) is 24.3 Å². The number of anilines is 2. The van der Waals surface area contributed by atoms with E-state index in [9.17, 15) is 9.59 Å². The molecule has 0 atom stereocenters. The fraction of sp³-hybridized carbons (Fsp3) is 0.0625. The Morgan fingerprint density at radius 2 is 2.09 bits per heavy atom. The number of aromatic nitrogens is 1. The first-order valence-electron chi connectivity index (χ1n) is 6.79. The van der Waals surface area contributed by atoms with Gasteiger partial charge in [-0.25, -0.2) is 4.98 Å². The van der Waals surface area contributed by atoms with Crippen LogP contribution < -0.4 is 10.6 Å². The van der Waals surface area contributed by atoms with Crippen molar-refractivity contribution in [3.05, 3.63) is 46.7 Å². The standard InChI is InChI=1S/C16H13N3O2S2/c1-10(20)17-16-19-13-4-3-12(8-14(13)23-16)18-15(21)5-2-11-6-7-22-9-11/h2-9H,1H3,(H,18,21)(H,17,19,20)/b5-2+. The van der Waals surface area contributed by atoms with E-state index in [0.29, 0.717) is 10.8 Å². The maximum Gasteiger partial charge on any atom is 0.248 e. The van der Waals surface area contributed by atoms with Crippen molar-refractivity contribution in [1.29, 1.82) is 0 Å². The van der Waals surface area contributed by atoms with Crippen LogP contribution in [0.4, 0.5) is 10.8 Å². The van der Waals surface area contributed by atoms with Crippen molar-refractivity contribution in [2.45, 2.75) is 6.92 Å². The molecule has 0 aliphatic rings. The topological polar surface area (TPSA) is 71.1 Å². The first-order valence-corrected chi connectivity index (χ1v) is 8.55. The Hall–Kier alpha value is -2.51. The molecular formula is C16H13N3O2S2. The largest absolute Gasteiger partial charge is 0.322 e. The average molecular weight is 343 g/mol. The van der Waals surface area contributed by atoms with Crippen molar-refractivity contribution in [3.8, 4) is 0 Å². The summed E-state index contributed by atoms with van der Waals surface area (Å²) in [7, 11) is 0. The number of nitrogens with zero attached hydrogens (tertiary/aromatic N) is 1. The fourth-order valence-electron chi connectivity index (χ4n) is 1.93. The van der Waals surface area contributed by atoms with Crippen LogP contribution in [-0.4, -0.2) is 16.8 Å². The molecule has 0 saturated carbocycles. The van der Waals surface area contributed by atoms with E-state index in [2.05, 4.69) is 15.6 Å². The number of hydrogen-bond acceptors (Lipinski definition) is 5. The van der Waals surface area contributed by atoms with Gasteiger partial charge in [0.2, 0.25) is 11.8 Å². The Morgan fingerprint density at radius 3 is 2.83 bits per heavy atom. The summed E-state index contributed by atoms with van der Waals surface area (Å²) in [5.74, 6) is -0.349. The highest BCUT2D eigenvalue weighted by molar-refractivity contribution is 7.22. The molecular weight excluding hydrogens is 330 g/mol. The van der Waals surface area contributed by atoms with E-state index >= 15 is 0 Å². The van der Waals surface area contributed by atoms with Crippen LogP contribution in [0.1, 0.15) is 12.5 Å². The second-order valence-electron chi connectivity index (χ2n) is 4.76. The zero-order valence-electron chi connectivity index (χ0n) is 12.2. The van der Waals surface area contributed by atoms with E-state index in [4.69, 9.17) is 0 Å². The molecule has 0 fully saturated rings. The molecule has 116 valence electrons. The van der Waals surface area contributed by atoms with Gasteiger partial charge in [-0.3, -0.25) is 9.59 Å². The number of amides is 2. The monoisotopic (exact) mass is 343 g/mol. The molecule has 0 spiro atoms. The number of thiophene rings is 1. The van der Waals surface area contributed by atoms with E-state index in [1.807, 2.05) is 29.0 Å². The summed E-state index contributed by atoms with van der Waals surface area (Å²) < 4.78 is 0.897. The number of benzene rings is 1. The second-order valence-corrected chi connectivity index (χ2v) is 6.57. The molecule has 0 aliphatic carbocycles. The van der Waals surface area contributed by atoms with Gasteiger partial charge in [-0.15, -0.1) is 0 Å². The lowest BCUT2D eigenvalue weighted by Crippen LogP contribution is -2.07. The molecule has 2 aromatic heterocycles. The van der Waals surface area contributed by atoms with Crippen LogP contribution in [-0.2, 0) is 9.59 Å². The highest BCUT2D eigenvalue weighted by Crippen LogP contribution is 2.28. The quantitative estimate of drug-likeness (QED) is 0.704. The predicted molar refractivity (Wildman–Crippen MR) is 95.9 cm³/mol. The lowest BCUT2D eigenvalue weighted by atomic mass is 10.3. The number of rotatable bonds is 4. The number of carbonyl (C=O) groups excluding carboxylic acids is 2. The molecule has 0 bridgehead atoms. The maximum atomic E-state index is 11.9. The predicted octanol–water partition coefficient (Wildman–Crippen LogP) is 3.97. The number of hydrogen-bond donors (Lipinski definition) is 2. The molecule has 2 amide bonds. The van der Waals surface area contributed by atoms with Gasteiger partial charge in [0.15, 0.2) is 5.13 Å². The van der Waals surface area contributed by atoms with E-state index in [-0.39, 0.29) is 11.8 Å². The van der Waals surface area contributed by atoms with Gasteiger partial charge in [0.1, 0.15) is 0 Å². The molecule has 0 radical (unpaired) electrons. The third-order valence-electron chi connectivity index (χ3n) is 2.91. The van der Waals surface area contributed by atoms with Gasteiger partial charge in [0.05, 0.1) is 10.2 Å². The van der Waals surface area contributed by atoms with Gasteiger partial charge in [-0.05, 0) is 46.7 Å². The molecule has 0 saturated heterocycles. The van der Waals surface area contributed by atoms with Crippen molar-refractivity contribution in [3.63, 3.8) is 0 Å². The molecule has 5 nitrogen and oxygen atoms in total. The summed E-state index contributed by atoms with van der Waals surface area (Å²) in [6.07, 6.45) is 3.27. The van der Waals surface area contributed by atoms with E-state index < -0.39 is 0 Å². The van der Waals surface area contributed by atoms with Gasteiger partial charge in [-0.1, -0.05) is 11.3 Å². The molecule has 2 heterocycles. The number of fused-ring (bicyclic) bond motifs is 1. The van der Waals surface area contributed by atoms with Crippen molar-refractivity contribution in [1.82, 2.24) is 4.98 Å². The SMILES string of the molecule is CC(=O)Nc1nc2ccc(NC(=O)/C=C/c3ccsc3)cc2s1. The molecule has 0 aliphatic heterocycles. The van der Waals surface area contributed by atoms with E-state index in [0.717, 1.165) is 15.8 Å². The summed E-state index contributed by atoms with van der Waals surface area (Å²) in [5.41, 5.74) is 2.48. The average Bonchev–Trinajstić information content (AvgIpc) is 3.12. The third kappa shape index (κ3) is 4.02. The molecule has 23 heavy (non-hydrogen) atoms. The third-order valence-corrected chi connectivity index (χ3v) is 4.54. The van der Waals surface area contributed by atoms with Crippen LogP contribution in [0.5, 0.6) is 0 Å². The zero-order chi connectivity index (χ0) is 16.2. The highest BCUT2D eigenvalue weighted by Gasteiger charge is 2.06. The Labute approximate surface area is 140 Å². The van der Waals surface area contributed by atoms with Crippen LogP contribution in [0.25, 0.3) is 16.3 Å². The molecule has 1 aromatic carbocycles. The lowest BCUT2D eigenvalue weighted by molar-refractivity contribution is -0.114. The number of thiazole rings is 1. The summed E-state index contributed by atoms with van der Waals surface area (Å²) in [6.45, 7) is 1.44. The summed E-state index contributed by atoms with van der Waals surface area (Å²) in [4.78, 5) is 27.3. The molecule has 3 rings (SSSR count). The van der Waals surface area contributed by atoms with Crippen LogP contribution in [0.2, 0.25) is 0 Å². The zero-order valence-corrected chi connectivity index (χ0v) is 13.8. The minimum atomic E-state index is -0.192. The minimum Gasteiger partial charge on any atom is -0.322 e. The molecule has 3 aromatic rings. The highest BCUT2D eigenvalue weighted by atomic mass is 32.1. The first kappa shape index (κ1) is 15.4. The fourth-order valence-corrected chi connectivity index (χ4v) is 3.51. The van der Waals surface area contributed by atoms with Crippen LogP contribution in [0.15, 0.2) is 41.1 Å². The smallest absolute Gasteiger partial charge is 0.248 e. The van der Waals surface area contributed by atoms with Crippen LogP contribution in [0.3, 0.4) is 0 Å². The van der Waals surface area contributed by atoms with Gasteiger partial charge in [0.25, 0.3) is 0 Å². The minimum absolute atomic E-state index is 0.156. The number of carbonyl (C=O) groups is 2. The Balaban J connectivity index is 1.72. The van der Waals surface area contributed by atoms with Gasteiger partial charge in [-0.2, -0.15) is 11.3 Å². The molecule has 0 unspecified atom stereocenters. The normalized spacial score (nSPS) is 11.0. The van der Waals surface area contributed by atoms with Gasteiger partial charge in [0, 0.05) is 18.7 Å². The van der Waals surface area contributed by atoms with Crippen molar-refractivity contribution in [2.75, 3.05) is 10.6 Å². The Kier molecular flexibility index (Phi) is 4.50. The van der Waals surface area contributed by atoms with Crippen LogP contribution in [0, 0.1) is 0 Å². The van der Waals surface area contributed by atoms with Crippen molar-refractivity contribution < 1.29 is 9.59 Å². The van der Waals surface area contributed by atoms with Crippen molar-refractivity contribution >= 4 is 61.6 Å².